The zero-order chi connectivity index (χ0) is 51.9. The third-order valence-corrected chi connectivity index (χ3v) is 12.1. The number of pyridine rings is 2. The van der Waals surface area contributed by atoms with Crippen LogP contribution < -0.4 is 30.6 Å². The number of hydrogen-bond donors (Lipinski definition) is 0. The summed E-state index contributed by atoms with van der Waals surface area (Å²) in [5.41, 5.74) is 8.46. The van der Waals surface area contributed by atoms with Crippen molar-refractivity contribution >= 4 is 0 Å². The van der Waals surface area contributed by atoms with Crippen LogP contribution in [0.15, 0.2) is 122 Å². The van der Waals surface area contributed by atoms with Crippen molar-refractivity contribution in [1.82, 2.24) is 19.8 Å². The van der Waals surface area contributed by atoms with Crippen molar-refractivity contribution in [3.05, 3.63) is 177 Å². The van der Waals surface area contributed by atoms with Crippen LogP contribution >= 0.6 is 0 Å². The minimum absolute atomic E-state index is 0. The fourth-order valence-electron chi connectivity index (χ4n) is 7.89. The van der Waals surface area contributed by atoms with Crippen LogP contribution in [0, 0.1) is 0 Å². The van der Waals surface area contributed by atoms with Crippen molar-refractivity contribution in [2.45, 2.75) is 144 Å². The van der Waals surface area contributed by atoms with Gasteiger partial charge < -0.3 is 30.6 Å². The third kappa shape index (κ3) is 19.9. The van der Waals surface area contributed by atoms with Gasteiger partial charge in [-0.05, 0) is 90.4 Å². The Hall–Kier alpha value is -4.77. The molecule has 0 saturated heterocycles. The first-order chi connectivity index (χ1) is 32.8. The monoisotopic (exact) mass is 1070 g/mol. The summed E-state index contributed by atoms with van der Waals surface area (Å²) in [5, 5.41) is 69.9. The Bertz CT molecular complexity index is 2360. The molecule has 0 fully saturated rings. The van der Waals surface area contributed by atoms with Crippen LogP contribution in [0.3, 0.4) is 0 Å². The second kappa shape index (κ2) is 28.6. The van der Waals surface area contributed by atoms with Gasteiger partial charge in [0.25, 0.3) is 0 Å². The van der Waals surface area contributed by atoms with Crippen molar-refractivity contribution in [1.29, 1.82) is 0 Å². The summed E-state index contributed by atoms with van der Waals surface area (Å²) in [4.78, 5) is 13.3. The van der Waals surface area contributed by atoms with Crippen molar-refractivity contribution in [2.24, 2.45) is 0 Å². The molecule has 72 heavy (non-hydrogen) atoms. The molecule has 2 aromatic heterocycles. The molecule has 0 amide bonds. The molecule has 0 N–H and O–H groups in total. The van der Waals surface area contributed by atoms with E-state index in [0.717, 1.165) is 68.7 Å². The number of aromatic nitrogens is 2. The Morgan fingerprint density at radius 3 is 1.00 bits per heavy atom. The van der Waals surface area contributed by atoms with Crippen LogP contribution in [0.5, 0.6) is 23.0 Å². The predicted molar refractivity (Wildman–Crippen MR) is 272 cm³/mol. The molecule has 10 nitrogen and oxygen atoms in total. The minimum Gasteiger partial charge on any atom is -0.872 e. The average molecular weight is 1070 g/mol. The van der Waals surface area contributed by atoms with Gasteiger partial charge in [0.1, 0.15) is 0 Å². The average Bonchev–Trinajstić information content (AvgIpc) is 3.29. The second-order valence-electron chi connectivity index (χ2n) is 22.2. The molecule has 0 aliphatic carbocycles. The Balaban J connectivity index is 0.000000447. The first-order valence-electron chi connectivity index (χ1n) is 24.4. The molecule has 4 aromatic carbocycles. The zero-order valence-corrected chi connectivity index (χ0v) is 46.6. The van der Waals surface area contributed by atoms with Gasteiger partial charge in [-0.25, -0.2) is 0 Å². The zero-order valence-electron chi connectivity index (χ0n) is 44.5. The Morgan fingerprint density at radius 2 is 0.722 bits per heavy atom. The molecule has 0 radical (unpaired) electrons. The number of para-hydroxylation sites is 2. The molecule has 0 saturated carbocycles. The van der Waals surface area contributed by atoms with Gasteiger partial charge in [-0.3, -0.25) is 19.8 Å². The van der Waals surface area contributed by atoms with Crippen LogP contribution in [0.4, 0.5) is 0 Å². The quantitative estimate of drug-likeness (QED) is 0.0988. The van der Waals surface area contributed by atoms with Gasteiger partial charge >= 0.3 is 33.6 Å². The summed E-state index contributed by atoms with van der Waals surface area (Å²) < 4.78 is 0. The predicted octanol–water partition coefficient (Wildman–Crippen LogP) is 7.84. The molecular formula is C60H76Co2N4O6. The van der Waals surface area contributed by atoms with Crippen LogP contribution in [0.1, 0.15) is 139 Å². The Kier molecular flexibility index (Phi) is 25.2. The summed E-state index contributed by atoms with van der Waals surface area (Å²) in [6.45, 7) is 28.0. The minimum atomic E-state index is -0.486. The van der Waals surface area contributed by atoms with E-state index >= 15 is 0 Å². The molecule has 390 valence electrons. The first kappa shape index (κ1) is 63.3. The van der Waals surface area contributed by atoms with E-state index in [1.165, 1.54) is 0 Å². The summed E-state index contributed by atoms with van der Waals surface area (Å²) >= 11 is 0. The number of nitrogens with zero attached hydrogens (tertiary/aromatic N) is 4. The molecule has 0 atom stereocenters. The van der Waals surface area contributed by atoms with E-state index < -0.39 is 13.2 Å². The van der Waals surface area contributed by atoms with Crippen molar-refractivity contribution in [3.8, 4) is 23.0 Å². The van der Waals surface area contributed by atoms with E-state index in [4.69, 9.17) is 10.2 Å². The molecule has 6 aromatic rings. The van der Waals surface area contributed by atoms with Crippen molar-refractivity contribution in [2.75, 3.05) is 26.3 Å². The molecule has 12 heteroatoms. The van der Waals surface area contributed by atoms with E-state index in [-0.39, 0.29) is 78.2 Å². The smallest absolute Gasteiger partial charge is 0.872 e. The van der Waals surface area contributed by atoms with E-state index in [2.05, 4.69) is 127 Å². The van der Waals surface area contributed by atoms with Crippen LogP contribution in [-0.2, 0) is 94.2 Å². The topological polar surface area (TPSA) is 171 Å². The maximum absolute atomic E-state index is 13.5. The summed E-state index contributed by atoms with van der Waals surface area (Å²) in [6.07, 6.45) is 5.10. The third-order valence-electron chi connectivity index (χ3n) is 12.1. The van der Waals surface area contributed by atoms with E-state index in [1.54, 1.807) is 36.7 Å². The molecule has 0 aliphatic heterocycles. The normalized spacial score (nSPS) is 11.7. The largest absolute Gasteiger partial charge is 3.00 e. The van der Waals surface area contributed by atoms with Crippen LogP contribution in [-0.4, -0.2) is 46.1 Å². The van der Waals surface area contributed by atoms with E-state index in [1.807, 2.05) is 60.7 Å². The summed E-state index contributed by atoms with van der Waals surface area (Å²) in [6, 6.07) is 34.4. The molecule has 0 bridgehead atoms. The fraction of sp³-hybridized carbons (Fsp3) is 0.433. The number of hydrogen-bond acceptors (Lipinski definition) is 10. The summed E-state index contributed by atoms with van der Waals surface area (Å²) in [5.74, 6) is 0.269. The van der Waals surface area contributed by atoms with Gasteiger partial charge in [-0.15, -0.1) is 23.0 Å². The molecule has 0 spiro atoms. The molecular weight excluding hydrogens is 991 g/mol. The van der Waals surface area contributed by atoms with Crippen molar-refractivity contribution < 1.29 is 64.2 Å². The Morgan fingerprint density at radius 1 is 0.403 bits per heavy atom. The van der Waals surface area contributed by atoms with Gasteiger partial charge in [-0.1, -0.05) is 168 Å². The van der Waals surface area contributed by atoms with Gasteiger partial charge in [0.05, 0.1) is 0 Å². The number of rotatable bonds is 15. The summed E-state index contributed by atoms with van der Waals surface area (Å²) in [7, 11) is 0. The molecule has 0 aliphatic rings. The van der Waals surface area contributed by atoms with Gasteiger partial charge in [-0.2, -0.15) is 13.2 Å². The van der Waals surface area contributed by atoms with Crippen LogP contribution in [0.25, 0.3) is 0 Å². The first-order valence-corrected chi connectivity index (χ1v) is 24.4. The maximum Gasteiger partial charge on any atom is 3.00 e. The van der Waals surface area contributed by atoms with E-state index in [0.29, 0.717) is 39.3 Å². The number of benzene rings is 4. The SMILES string of the molecule is CC(C)(C)c1cc(CN(CCc2ccccn2)Cc2ccccc2[O-])c([O-])c(C(C)(C)C)c1.CC(C)(C)c1cc(CN(CCc2ccccn2)Cc2ccccc2[O-])c([O-])c(C(C)(C)C)c1.[Co+3].[Co+3].[O-]CC[O-]. The van der Waals surface area contributed by atoms with Crippen molar-refractivity contribution in [3.63, 3.8) is 0 Å². The molecule has 2 heterocycles. The Labute approximate surface area is 452 Å². The van der Waals surface area contributed by atoms with Gasteiger partial charge in [0, 0.05) is 75.9 Å². The standard InChI is InChI=1S/2C29H38N2O2.C2H4O2.2Co/c2*1-28(2,3)23-17-22(27(33)25(18-23)29(4,5)6)20-31(16-14-24-12-9-10-15-30-24)19-21-11-7-8-13-26(21)32;3-1-2-4;;/h2*7-13,15,17-18,32-33H,14,16,19-20H2,1-6H3;1-2H2;;/q;;-2;2*+3/p-4. The maximum atomic E-state index is 13.5. The molecule has 0 unspecified atom stereocenters. The fourth-order valence-corrected chi connectivity index (χ4v) is 7.89. The van der Waals surface area contributed by atoms with E-state index in [9.17, 15) is 20.4 Å². The van der Waals surface area contributed by atoms with Gasteiger partial charge in [0.15, 0.2) is 0 Å². The second-order valence-corrected chi connectivity index (χ2v) is 22.2. The van der Waals surface area contributed by atoms with Gasteiger partial charge in [0.2, 0.25) is 0 Å². The van der Waals surface area contributed by atoms with Crippen LogP contribution in [0.2, 0.25) is 0 Å². The molecule has 6 rings (SSSR count).